The summed E-state index contributed by atoms with van der Waals surface area (Å²) in [5, 5.41) is 0. The van der Waals surface area contributed by atoms with Crippen LogP contribution in [0.15, 0.2) is 24.3 Å². The summed E-state index contributed by atoms with van der Waals surface area (Å²) in [6.07, 6.45) is 6.18. The van der Waals surface area contributed by atoms with Crippen LogP contribution in [0.2, 0.25) is 0 Å². The van der Waals surface area contributed by atoms with Crippen molar-refractivity contribution in [1.29, 1.82) is 0 Å². The Hall–Kier alpha value is -1.81. The fourth-order valence-electron chi connectivity index (χ4n) is 4.16. The van der Waals surface area contributed by atoms with Crippen LogP contribution in [-0.4, -0.2) is 37.0 Å². The Morgan fingerprint density at radius 3 is 2.58 bits per heavy atom. The van der Waals surface area contributed by atoms with Crippen LogP contribution < -0.4 is 4.90 Å². The van der Waals surface area contributed by atoms with Gasteiger partial charge < -0.3 is 9.80 Å². The van der Waals surface area contributed by atoms with Crippen LogP contribution in [0.4, 0.5) is 5.69 Å². The summed E-state index contributed by atoms with van der Waals surface area (Å²) in [5.41, 5.74) is 5.44. The van der Waals surface area contributed by atoms with Gasteiger partial charge in [-0.2, -0.15) is 0 Å². The number of fused-ring (bicyclic) bond motifs is 1. The molecule has 1 aliphatic carbocycles. The van der Waals surface area contributed by atoms with Crippen LogP contribution in [0.5, 0.6) is 0 Å². The Bertz CT molecular complexity index is 779. The molecule has 0 atom stereocenters. The molecular weight excluding hydrogens is 340 g/mol. The number of benzene rings is 1. The highest BCUT2D eigenvalue weighted by Crippen LogP contribution is 2.30. The minimum Gasteiger partial charge on any atom is -0.368 e. The van der Waals surface area contributed by atoms with Gasteiger partial charge in [0, 0.05) is 36.7 Å². The lowest BCUT2D eigenvalue weighted by atomic mass is 10.1. The summed E-state index contributed by atoms with van der Waals surface area (Å²) in [6, 6.07) is 8.69. The summed E-state index contributed by atoms with van der Waals surface area (Å²) in [4.78, 5) is 19.9. The molecule has 2 heterocycles. The van der Waals surface area contributed by atoms with Crippen molar-refractivity contribution in [1.82, 2.24) is 4.90 Å². The molecule has 0 spiro atoms. The van der Waals surface area contributed by atoms with E-state index in [1.54, 1.807) is 11.3 Å². The van der Waals surface area contributed by atoms with Crippen LogP contribution in [0.1, 0.15) is 50.5 Å². The molecular formula is C22H28N2OS. The number of hydrogen-bond donors (Lipinski definition) is 0. The van der Waals surface area contributed by atoms with Gasteiger partial charge in [-0.05, 0) is 68.4 Å². The van der Waals surface area contributed by atoms with Crippen molar-refractivity contribution in [2.75, 3.05) is 31.1 Å². The van der Waals surface area contributed by atoms with Gasteiger partial charge in [0.05, 0.1) is 4.88 Å². The Morgan fingerprint density at radius 2 is 1.77 bits per heavy atom. The highest BCUT2D eigenvalue weighted by atomic mass is 32.1. The largest absolute Gasteiger partial charge is 0.368 e. The van der Waals surface area contributed by atoms with Crippen molar-refractivity contribution in [2.45, 2.75) is 46.0 Å². The first-order chi connectivity index (χ1) is 12.6. The first-order valence-corrected chi connectivity index (χ1v) is 10.7. The number of piperazine rings is 1. The van der Waals surface area contributed by atoms with Gasteiger partial charge in [-0.15, -0.1) is 11.3 Å². The third kappa shape index (κ3) is 3.39. The normalized spacial score (nSPS) is 17.8. The van der Waals surface area contributed by atoms with Crippen molar-refractivity contribution < 1.29 is 4.79 Å². The molecule has 0 saturated carbocycles. The van der Waals surface area contributed by atoms with Crippen molar-refractivity contribution in [3.63, 3.8) is 0 Å². The number of hydrogen-bond acceptors (Lipinski definition) is 3. The third-order valence-corrected chi connectivity index (χ3v) is 7.17. The monoisotopic (exact) mass is 368 g/mol. The first kappa shape index (κ1) is 17.6. The highest BCUT2D eigenvalue weighted by Gasteiger charge is 2.25. The van der Waals surface area contributed by atoms with Gasteiger partial charge >= 0.3 is 0 Å². The van der Waals surface area contributed by atoms with E-state index in [2.05, 4.69) is 43.0 Å². The molecule has 138 valence electrons. The second kappa shape index (κ2) is 7.43. The molecule has 1 aromatic heterocycles. The van der Waals surface area contributed by atoms with E-state index in [0.717, 1.165) is 43.9 Å². The lowest BCUT2D eigenvalue weighted by Crippen LogP contribution is -2.48. The molecule has 2 aromatic rings. The fourth-order valence-corrected chi connectivity index (χ4v) is 5.38. The Balaban J connectivity index is 1.43. The number of carbonyl (C=O) groups excluding carboxylic acids is 1. The SMILES string of the molecule is Cc1cccc(N2CCN(C(=O)c3cc4c(s3)CCCCC4)CC2)c1C. The molecule has 4 rings (SSSR count). The van der Waals surface area contributed by atoms with E-state index in [1.807, 2.05) is 4.90 Å². The Morgan fingerprint density at radius 1 is 1.00 bits per heavy atom. The van der Waals surface area contributed by atoms with E-state index >= 15 is 0 Å². The zero-order valence-electron chi connectivity index (χ0n) is 15.9. The van der Waals surface area contributed by atoms with Gasteiger partial charge in [0.25, 0.3) is 5.91 Å². The van der Waals surface area contributed by atoms with Gasteiger partial charge in [-0.3, -0.25) is 4.79 Å². The molecule has 0 radical (unpaired) electrons. The van der Waals surface area contributed by atoms with Crippen molar-refractivity contribution in [2.24, 2.45) is 0 Å². The number of thiophene rings is 1. The number of anilines is 1. The van der Waals surface area contributed by atoms with Crippen molar-refractivity contribution in [3.8, 4) is 0 Å². The van der Waals surface area contributed by atoms with Gasteiger partial charge in [0.2, 0.25) is 0 Å². The smallest absolute Gasteiger partial charge is 0.264 e. The average molecular weight is 369 g/mol. The number of carbonyl (C=O) groups is 1. The first-order valence-electron chi connectivity index (χ1n) is 9.85. The quantitative estimate of drug-likeness (QED) is 0.724. The number of rotatable bonds is 2. The van der Waals surface area contributed by atoms with Crippen LogP contribution in [0.25, 0.3) is 0 Å². The van der Waals surface area contributed by atoms with E-state index in [9.17, 15) is 4.79 Å². The molecule has 3 nitrogen and oxygen atoms in total. The number of amides is 1. The molecule has 0 N–H and O–H groups in total. The zero-order chi connectivity index (χ0) is 18.1. The number of aryl methyl sites for hydroxylation is 3. The molecule has 2 aliphatic rings. The van der Waals surface area contributed by atoms with Crippen LogP contribution in [-0.2, 0) is 12.8 Å². The summed E-state index contributed by atoms with van der Waals surface area (Å²) >= 11 is 1.75. The highest BCUT2D eigenvalue weighted by molar-refractivity contribution is 7.14. The minimum atomic E-state index is 0.240. The van der Waals surface area contributed by atoms with Crippen molar-refractivity contribution in [3.05, 3.63) is 50.7 Å². The van der Waals surface area contributed by atoms with Gasteiger partial charge in [0.1, 0.15) is 0 Å². The molecule has 0 bridgehead atoms. The molecule has 4 heteroatoms. The van der Waals surface area contributed by atoms with E-state index in [0.29, 0.717) is 0 Å². The molecule has 1 aliphatic heterocycles. The van der Waals surface area contributed by atoms with E-state index < -0.39 is 0 Å². The molecule has 26 heavy (non-hydrogen) atoms. The number of nitrogens with zero attached hydrogens (tertiary/aromatic N) is 2. The Labute approximate surface area is 160 Å². The Kier molecular flexibility index (Phi) is 5.03. The standard InChI is InChI=1S/C22H28N2OS/c1-16-7-6-9-19(17(16)2)23-11-13-24(14-12-23)22(25)21-15-18-8-4-3-5-10-20(18)26-21/h6-7,9,15H,3-5,8,10-14H2,1-2H3. The second-order valence-electron chi connectivity index (χ2n) is 7.62. The minimum absolute atomic E-state index is 0.240. The maximum Gasteiger partial charge on any atom is 0.264 e. The van der Waals surface area contributed by atoms with E-state index in [1.165, 1.54) is 46.5 Å². The topological polar surface area (TPSA) is 23.6 Å². The fraction of sp³-hybridized carbons (Fsp3) is 0.500. The predicted octanol–water partition coefficient (Wildman–Crippen LogP) is 4.60. The summed E-state index contributed by atoms with van der Waals surface area (Å²) in [6.45, 7) is 7.83. The molecule has 1 amide bonds. The molecule has 0 unspecified atom stereocenters. The summed E-state index contributed by atoms with van der Waals surface area (Å²) in [7, 11) is 0. The van der Waals surface area contributed by atoms with E-state index in [-0.39, 0.29) is 5.91 Å². The average Bonchev–Trinajstić information content (AvgIpc) is 2.94. The molecule has 1 aromatic carbocycles. The molecule has 1 fully saturated rings. The third-order valence-electron chi connectivity index (χ3n) is 5.94. The van der Waals surface area contributed by atoms with Crippen LogP contribution >= 0.6 is 11.3 Å². The van der Waals surface area contributed by atoms with E-state index in [4.69, 9.17) is 0 Å². The maximum absolute atomic E-state index is 13.0. The lowest BCUT2D eigenvalue weighted by Gasteiger charge is -2.37. The van der Waals surface area contributed by atoms with Crippen LogP contribution in [0.3, 0.4) is 0 Å². The zero-order valence-corrected chi connectivity index (χ0v) is 16.7. The maximum atomic E-state index is 13.0. The summed E-state index contributed by atoms with van der Waals surface area (Å²) in [5.74, 6) is 0.240. The van der Waals surface area contributed by atoms with Gasteiger partial charge in [-0.1, -0.05) is 18.6 Å². The molecule has 1 saturated heterocycles. The van der Waals surface area contributed by atoms with Gasteiger partial charge in [-0.25, -0.2) is 0 Å². The second-order valence-corrected chi connectivity index (χ2v) is 8.75. The summed E-state index contributed by atoms with van der Waals surface area (Å²) < 4.78 is 0. The van der Waals surface area contributed by atoms with Crippen molar-refractivity contribution >= 4 is 22.9 Å². The van der Waals surface area contributed by atoms with Gasteiger partial charge in [0.15, 0.2) is 0 Å². The lowest BCUT2D eigenvalue weighted by molar-refractivity contribution is 0.0751. The predicted molar refractivity (Wildman–Crippen MR) is 110 cm³/mol. The van der Waals surface area contributed by atoms with Crippen LogP contribution in [0, 0.1) is 13.8 Å².